The lowest BCUT2D eigenvalue weighted by atomic mass is 10.3. The van der Waals surface area contributed by atoms with Crippen molar-refractivity contribution in [2.24, 2.45) is 0 Å². The number of nitrogens with one attached hydrogen (secondary N) is 1. The standard InChI is InChI=1S/C11H23N5S/c1-3-5-6-10-17-11-13-14-15-16(11)9-8-12-7-4-2/h12H,3-10H2,1-2H3. The molecule has 0 fully saturated rings. The highest BCUT2D eigenvalue weighted by atomic mass is 32.2. The Morgan fingerprint density at radius 2 is 2.06 bits per heavy atom. The average molecular weight is 257 g/mol. The molecule has 98 valence electrons. The lowest BCUT2D eigenvalue weighted by molar-refractivity contribution is 0.510. The summed E-state index contributed by atoms with van der Waals surface area (Å²) in [5.74, 6) is 1.11. The molecule has 0 unspecified atom stereocenters. The number of aromatic nitrogens is 4. The number of nitrogens with zero attached hydrogens (tertiary/aromatic N) is 4. The zero-order valence-corrected chi connectivity index (χ0v) is 11.7. The first kappa shape index (κ1) is 14.4. The molecule has 1 rings (SSSR count). The molecule has 1 N–H and O–H groups in total. The molecule has 1 heterocycles. The molecule has 6 heteroatoms. The van der Waals surface area contributed by atoms with Gasteiger partial charge in [0.2, 0.25) is 5.16 Å². The molecule has 0 saturated carbocycles. The Bertz CT molecular complexity index is 263. The molecular formula is C11H23N5S. The van der Waals surface area contributed by atoms with Crippen molar-refractivity contribution in [3.8, 4) is 0 Å². The summed E-state index contributed by atoms with van der Waals surface area (Å²) in [5.41, 5.74) is 0. The highest BCUT2D eigenvalue weighted by Gasteiger charge is 2.05. The second-order valence-electron chi connectivity index (χ2n) is 3.99. The summed E-state index contributed by atoms with van der Waals surface area (Å²) in [5, 5.41) is 16.1. The quantitative estimate of drug-likeness (QED) is 0.513. The van der Waals surface area contributed by atoms with Gasteiger partial charge in [-0.3, -0.25) is 0 Å². The van der Waals surface area contributed by atoms with Gasteiger partial charge in [-0.15, -0.1) is 5.10 Å². The van der Waals surface area contributed by atoms with Crippen LogP contribution in [0, 0.1) is 0 Å². The van der Waals surface area contributed by atoms with E-state index in [0.29, 0.717) is 0 Å². The Labute approximate surface area is 108 Å². The summed E-state index contributed by atoms with van der Waals surface area (Å²) in [6.45, 7) is 7.22. The van der Waals surface area contributed by atoms with Crippen LogP contribution in [0.1, 0.15) is 39.5 Å². The third kappa shape index (κ3) is 6.02. The zero-order chi connectivity index (χ0) is 12.3. The lowest BCUT2D eigenvalue weighted by Crippen LogP contribution is -2.21. The number of unbranched alkanes of at least 4 members (excludes halogenated alkanes) is 2. The van der Waals surface area contributed by atoms with E-state index in [2.05, 4.69) is 34.7 Å². The molecule has 0 atom stereocenters. The van der Waals surface area contributed by atoms with E-state index in [9.17, 15) is 0 Å². The van der Waals surface area contributed by atoms with Crippen LogP contribution < -0.4 is 5.32 Å². The molecule has 0 aliphatic rings. The van der Waals surface area contributed by atoms with Crippen LogP contribution >= 0.6 is 11.8 Å². The fourth-order valence-corrected chi connectivity index (χ4v) is 2.34. The average Bonchev–Trinajstić information content (AvgIpc) is 2.78. The minimum Gasteiger partial charge on any atom is -0.315 e. The number of rotatable bonds is 10. The van der Waals surface area contributed by atoms with Crippen LogP contribution in [-0.4, -0.2) is 39.0 Å². The van der Waals surface area contributed by atoms with Crippen LogP contribution in [0.15, 0.2) is 5.16 Å². The first-order valence-electron chi connectivity index (χ1n) is 6.48. The molecule has 0 radical (unpaired) electrons. The molecular weight excluding hydrogens is 234 g/mol. The van der Waals surface area contributed by atoms with Gasteiger partial charge >= 0.3 is 0 Å². The highest BCUT2D eigenvalue weighted by Crippen LogP contribution is 2.15. The largest absolute Gasteiger partial charge is 0.315 e. The topological polar surface area (TPSA) is 55.6 Å². The summed E-state index contributed by atoms with van der Waals surface area (Å²) in [6.07, 6.45) is 4.94. The Balaban J connectivity index is 2.22. The maximum absolute atomic E-state index is 4.05. The van der Waals surface area contributed by atoms with Gasteiger partial charge in [-0.1, -0.05) is 38.5 Å². The fraction of sp³-hybridized carbons (Fsp3) is 0.909. The zero-order valence-electron chi connectivity index (χ0n) is 10.9. The van der Waals surface area contributed by atoms with Gasteiger partial charge < -0.3 is 5.32 Å². The summed E-state index contributed by atoms with van der Waals surface area (Å²) in [7, 11) is 0. The molecule has 1 aromatic heterocycles. The molecule has 0 bridgehead atoms. The van der Waals surface area contributed by atoms with Gasteiger partial charge in [0.25, 0.3) is 0 Å². The van der Waals surface area contributed by atoms with Crippen LogP contribution in [0.4, 0.5) is 0 Å². The third-order valence-corrected chi connectivity index (χ3v) is 3.45. The molecule has 1 aromatic rings. The summed E-state index contributed by atoms with van der Waals surface area (Å²) >= 11 is 1.76. The van der Waals surface area contributed by atoms with Gasteiger partial charge in [0.1, 0.15) is 0 Å². The molecule has 17 heavy (non-hydrogen) atoms. The van der Waals surface area contributed by atoms with Gasteiger partial charge in [-0.25, -0.2) is 4.68 Å². The van der Waals surface area contributed by atoms with Crippen molar-refractivity contribution < 1.29 is 0 Å². The van der Waals surface area contributed by atoms with E-state index in [0.717, 1.165) is 37.0 Å². The Morgan fingerprint density at radius 3 is 2.82 bits per heavy atom. The maximum atomic E-state index is 4.05. The van der Waals surface area contributed by atoms with E-state index in [4.69, 9.17) is 0 Å². The Hall–Kier alpha value is -0.620. The first-order chi connectivity index (χ1) is 8.38. The van der Waals surface area contributed by atoms with Crippen molar-refractivity contribution in [3.05, 3.63) is 0 Å². The van der Waals surface area contributed by atoms with Gasteiger partial charge in [0.05, 0.1) is 6.54 Å². The highest BCUT2D eigenvalue weighted by molar-refractivity contribution is 7.99. The number of hydrogen-bond donors (Lipinski definition) is 1. The van der Waals surface area contributed by atoms with Crippen molar-refractivity contribution >= 4 is 11.8 Å². The number of hydrogen-bond acceptors (Lipinski definition) is 5. The minimum atomic E-state index is 0.850. The van der Waals surface area contributed by atoms with E-state index in [1.54, 1.807) is 11.8 Å². The van der Waals surface area contributed by atoms with Crippen LogP contribution in [0.3, 0.4) is 0 Å². The molecule has 0 aliphatic heterocycles. The molecule has 0 spiro atoms. The Kier molecular flexibility index (Phi) is 8.00. The molecule has 0 amide bonds. The smallest absolute Gasteiger partial charge is 0.209 e. The van der Waals surface area contributed by atoms with E-state index >= 15 is 0 Å². The molecule has 0 aromatic carbocycles. The minimum absolute atomic E-state index is 0.850. The predicted molar refractivity (Wildman–Crippen MR) is 71.2 cm³/mol. The monoisotopic (exact) mass is 257 g/mol. The van der Waals surface area contributed by atoms with Crippen molar-refractivity contribution in [2.75, 3.05) is 18.8 Å². The Morgan fingerprint density at radius 1 is 1.18 bits per heavy atom. The normalized spacial score (nSPS) is 10.9. The molecule has 0 saturated heterocycles. The van der Waals surface area contributed by atoms with Crippen molar-refractivity contribution in [1.82, 2.24) is 25.5 Å². The van der Waals surface area contributed by atoms with Crippen LogP contribution in [0.5, 0.6) is 0 Å². The van der Waals surface area contributed by atoms with E-state index < -0.39 is 0 Å². The number of thioether (sulfide) groups is 1. The first-order valence-corrected chi connectivity index (χ1v) is 7.46. The van der Waals surface area contributed by atoms with Crippen LogP contribution in [-0.2, 0) is 6.54 Å². The van der Waals surface area contributed by atoms with Gasteiger partial charge in [0.15, 0.2) is 0 Å². The fourth-order valence-electron chi connectivity index (χ4n) is 1.44. The van der Waals surface area contributed by atoms with Crippen LogP contribution in [0.25, 0.3) is 0 Å². The second-order valence-corrected chi connectivity index (χ2v) is 5.05. The van der Waals surface area contributed by atoms with Crippen molar-refractivity contribution in [1.29, 1.82) is 0 Å². The maximum Gasteiger partial charge on any atom is 0.209 e. The molecule has 5 nitrogen and oxygen atoms in total. The second kappa shape index (κ2) is 9.41. The van der Waals surface area contributed by atoms with E-state index in [-0.39, 0.29) is 0 Å². The number of tetrazole rings is 1. The summed E-state index contributed by atoms with van der Waals surface area (Å²) in [6, 6.07) is 0. The third-order valence-electron chi connectivity index (χ3n) is 2.41. The van der Waals surface area contributed by atoms with E-state index in [1.165, 1.54) is 19.3 Å². The lowest BCUT2D eigenvalue weighted by Gasteiger charge is -2.05. The van der Waals surface area contributed by atoms with Crippen molar-refractivity contribution in [3.63, 3.8) is 0 Å². The van der Waals surface area contributed by atoms with E-state index in [1.807, 2.05) is 4.68 Å². The van der Waals surface area contributed by atoms with Gasteiger partial charge in [0, 0.05) is 12.3 Å². The SMILES string of the molecule is CCCCCSc1nnnn1CCNCCC. The molecule has 0 aliphatic carbocycles. The predicted octanol–water partition coefficient (Wildman–Crippen LogP) is 1.95. The summed E-state index contributed by atoms with van der Waals surface area (Å²) in [4.78, 5) is 0. The summed E-state index contributed by atoms with van der Waals surface area (Å²) < 4.78 is 1.89. The van der Waals surface area contributed by atoms with Gasteiger partial charge in [-0.2, -0.15) is 0 Å². The van der Waals surface area contributed by atoms with Gasteiger partial charge in [-0.05, 0) is 29.8 Å². The van der Waals surface area contributed by atoms with Crippen LogP contribution in [0.2, 0.25) is 0 Å². The van der Waals surface area contributed by atoms with Crippen molar-refractivity contribution in [2.45, 2.75) is 51.2 Å².